The summed E-state index contributed by atoms with van der Waals surface area (Å²) in [6.07, 6.45) is 2.40. The Bertz CT molecular complexity index is 403. The summed E-state index contributed by atoms with van der Waals surface area (Å²) in [6.45, 7) is 7.96. The van der Waals surface area contributed by atoms with Crippen LogP contribution in [0.15, 0.2) is 18.2 Å². The minimum absolute atomic E-state index is 0.603. The predicted octanol–water partition coefficient (Wildman–Crippen LogP) is 3.32. The van der Waals surface area contributed by atoms with Gasteiger partial charge in [-0.05, 0) is 44.7 Å². The summed E-state index contributed by atoms with van der Waals surface area (Å²) in [4.78, 5) is 0. The zero-order valence-electron chi connectivity index (χ0n) is 12.5. The number of benzene rings is 1. The van der Waals surface area contributed by atoms with Gasteiger partial charge in [-0.15, -0.1) is 0 Å². The van der Waals surface area contributed by atoms with Crippen molar-refractivity contribution in [3.8, 4) is 11.5 Å². The Morgan fingerprint density at radius 3 is 2.70 bits per heavy atom. The average molecular weight is 279 g/mol. The molecule has 0 radical (unpaired) electrons. The highest BCUT2D eigenvalue weighted by atomic mass is 16.5. The molecule has 0 saturated carbocycles. The second-order valence-corrected chi connectivity index (χ2v) is 4.99. The first-order valence-corrected chi connectivity index (χ1v) is 7.54. The quantitative estimate of drug-likeness (QED) is 0.831. The standard InChI is InChI=1S/C16H25NO3/c1-3-19-15-8-7-14(10-16(15)20-4-2)17-11-13-6-5-9-18-12-13/h7-8,10,13,17H,3-6,9,11-12H2,1-2H3. The normalized spacial score (nSPS) is 18.6. The summed E-state index contributed by atoms with van der Waals surface area (Å²) in [6, 6.07) is 6.02. The highest BCUT2D eigenvalue weighted by Gasteiger charge is 2.14. The Morgan fingerprint density at radius 2 is 2.00 bits per heavy atom. The summed E-state index contributed by atoms with van der Waals surface area (Å²) < 4.78 is 16.7. The van der Waals surface area contributed by atoms with Gasteiger partial charge in [0, 0.05) is 24.9 Å². The molecule has 4 heteroatoms. The molecule has 112 valence electrons. The first-order valence-electron chi connectivity index (χ1n) is 7.54. The van der Waals surface area contributed by atoms with Gasteiger partial charge in [0.15, 0.2) is 11.5 Å². The van der Waals surface area contributed by atoms with Gasteiger partial charge in [0.2, 0.25) is 0 Å². The lowest BCUT2D eigenvalue weighted by atomic mass is 10.0. The van der Waals surface area contributed by atoms with E-state index in [2.05, 4.69) is 5.32 Å². The molecule has 1 aromatic carbocycles. The minimum Gasteiger partial charge on any atom is -0.490 e. The Balaban J connectivity index is 1.94. The lowest BCUT2D eigenvalue weighted by molar-refractivity contribution is 0.0595. The van der Waals surface area contributed by atoms with Crippen molar-refractivity contribution in [2.75, 3.05) is 38.3 Å². The van der Waals surface area contributed by atoms with E-state index in [1.165, 1.54) is 12.8 Å². The van der Waals surface area contributed by atoms with Gasteiger partial charge < -0.3 is 19.5 Å². The molecule has 1 atom stereocenters. The number of nitrogens with one attached hydrogen (secondary N) is 1. The molecule has 1 saturated heterocycles. The van der Waals surface area contributed by atoms with Gasteiger partial charge >= 0.3 is 0 Å². The van der Waals surface area contributed by atoms with Crippen LogP contribution >= 0.6 is 0 Å². The van der Waals surface area contributed by atoms with E-state index in [-0.39, 0.29) is 0 Å². The zero-order chi connectivity index (χ0) is 14.2. The summed E-state index contributed by atoms with van der Waals surface area (Å²) in [5.41, 5.74) is 1.07. The summed E-state index contributed by atoms with van der Waals surface area (Å²) in [5, 5.41) is 3.47. The van der Waals surface area contributed by atoms with Crippen LogP contribution in [-0.2, 0) is 4.74 Å². The van der Waals surface area contributed by atoms with E-state index in [0.29, 0.717) is 19.1 Å². The third kappa shape index (κ3) is 4.30. The molecule has 1 aliphatic rings. The number of ether oxygens (including phenoxy) is 3. The van der Waals surface area contributed by atoms with Crippen LogP contribution < -0.4 is 14.8 Å². The summed E-state index contributed by atoms with van der Waals surface area (Å²) >= 11 is 0. The van der Waals surface area contributed by atoms with E-state index < -0.39 is 0 Å². The molecule has 0 amide bonds. The lowest BCUT2D eigenvalue weighted by Gasteiger charge is -2.23. The highest BCUT2D eigenvalue weighted by Crippen LogP contribution is 2.30. The van der Waals surface area contributed by atoms with E-state index in [1.807, 2.05) is 32.0 Å². The second kappa shape index (κ2) is 8.00. The van der Waals surface area contributed by atoms with Crippen LogP contribution in [0.1, 0.15) is 26.7 Å². The van der Waals surface area contributed by atoms with Gasteiger partial charge in [0.1, 0.15) is 0 Å². The summed E-state index contributed by atoms with van der Waals surface area (Å²) in [5.74, 6) is 2.21. The Labute approximate surface area is 121 Å². The maximum atomic E-state index is 5.63. The summed E-state index contributed by atoms with van der Waals surface area (Å²) in [7, 11) is 0. The highest BCUT2D eigenvalue weighted by molar-refractivity contribution is 5.54. The van der Waals surface area contributed by atoms with E-state index in [4.69, 9.17) is 14.2 Å². The molecule has 1 heterocycles. The molecule has 0 aliphatic carbocycles. The Kier molecular flexibility index (Phi) is 5.99. The minimum atomic E-state index is 0.603. The van der Waals surface area contributed by atoms with Crippen molar-refractivity contribution in [3.05, 3.63) is 18.2 Å². The third-order valence-electron chi connectivity index (χ3n) is 3.39. The van der Waals surface area contributed by atoms with Crippen LogP contribution in [0, 0.1) is 5.92 Å². The smallest absolute Gasteiger partial charge is 0.163 e. The Morgan fingerprint density at radius 1 is 1.20 bits per heavy atom. The zero-order valence-corrected chi connectivity index (χ0v) is 12.5. The number of anilines is 1. The molecular formula is C16H25NO3. The first-order chi connectivity index (χ1) is 9.83. The van der Waals surface area contributed by atoms with Crippen molar-refractivity contribution in [1.82, 2.24) is 0 Å². The third-order valence-corrected chi connectivity index (χ3v) is 3.39. The van der Waals surface area contributed by atoms with Crippen LogP contribution in [0.5, 0.6) is 11.5 Å². The molecule has 0 aromatic heterocycles. The maximum Gasteiger partial charge on any atom is 0.163 e. The SMILES string of the molecule is CCOc1ccc(NCC2CCCOC2)cc1OCC. The lowest BCUT2D eigenvalue weighted by Crippen LogP contribution is -2.24. The number of rotatable bonds is 7. The molecule has 1 aliphatic heterocycles. The van der Waals surface area contributed by atoms with Crippen molar-refractivity contribution in [2.24, 2.45) is 5.92 Å². The van der Waals surface area contributed by atoms with Gasteiger partial charge in [-0.25, -0.2) is 0 Å². The molecule has 0 bridgehead atoms. The number of hydrogen-bond acceptors (Lipinski definition) is 4. The van der Waals surface area contributed by atoms with Gasteiger partial charge in [-0.1, -0.05) is 0 Å². The molecule has 1 unspecified atom stereocenters. The Hall–Kier alpha value is -1.42. The van der Waals surface area contributed by atoms with E-state index in [1.54, 1.807) is 0 Å². The molecule has 0 spiro atoms. The van der Waals surface area contributed by atoms with Gasteiger partial charge in [0.05, 0.1) is 19.8 Å². The van der Waals surface area contributed by atoms with E-state index in [0.717, 1.165) is 36.9 Å². The van der Waals surface area contributed by atoms with Crippen LogP contribution in [-0.4, -0.2) is 33.0 Å². The van der Waals surface area contributed by atoms with Crippen molar-refractivity contribution in [1.29, 1.82) is 0 Å². The fourth-order valence-electron chi connectivity index (χ4n) is 2.39. The van der Waals surface area contributed by atoms with E-state index >= 15 is 0 Å². The van der Waals surface area contributed by atoms with Gasteiger partial charge in [0.25, 0.3) is 0 Å². The van der Waals surface area contributed by atoms with Crippen molar-refractivity contribution < 1.29 is 14.2 Å². The van der Waals surface area contributed by atoms with Gasteiger partial charge in [-0.3, -0.25) is 0 Å². The van der Waals surface area contributed by atoms with Crippen LogP contribution in [0.2, 0.25) is 0 Å². The fraction of sp³-hybridized carbons (Fsp3) is 0.625. The fourth-order valence-corrected chi connectivity index (χ4v) is 2.39. The van der Waals surface area contributed by atoms with Crippen molar-refractivity contribution >= 4 is 5.69 Å². The van der Waals surface area contributed by atoms with Crippen LogP contribution in [0.3, 0.4) is 0 Å². The monoisotopic (exact) mass is 279 g/mol. The molecule has 1 N–H and O–H groups in total. The molecular weight excluding hydrogens is 254 g/mol. The molecule has 1 fully saturated rings. The van der Waals surface area contributed by atoms with E-state index in [9.17, 15) is 0 Å². The van der Waals surface area contributed by atoms with Gasteiger partial charge in [-0.2, -0.15) is 0 Å². The molecule has 4 nitrogen and oxygen atoms in total. The average Bonchev–Trinajstić information content (AvgIpc) is 2.49. The van der Waals surface area contributed by atoms with Crippen LogP contribution in [0.25, 0.3) is 0 Å². The first kappa shape index (κ1) is 15.0. The topological polar surface area (TPSA) is 39.7 Å². The van der Waals surface area contributed by atoms with Crippen LogP contribution in [0.4, 0.5) is 5.69 Å². The molecule has 1 aromatic rings. The maximum absolute atomic E-state index is 5.63. The number of hydrogen-bond donors (Lipinski definition) is 1. The van der Waals surface area contributed by atoms with Crippen molar-refractivity contribution in [2.45, 2.75) is 26.7 Å². The largest absolute Gasteiger partial charge is 0.490 e. The second-order valence-electron chi connectivity index (χ2n) is 4.99. The van der Waals surface area contributed by atoms with Crippen molar-refractivity contribution in [3.63, 3.8) is 0 Å². The molecule has 2 rings (SSSR count). The molecule has 20 heavy (non-hydrogen) atoms. The predicted molar refractivity (Wildman–Crippen MR) is 80.8 cm³/mol.